The van der Waals surface area contributed by atoms with Crippen LogP contribution < -0.4 is 0 Å². The van der Waals surface area contributed by atoms with Crippen molar-refractivity contribution in [1.82, 2.24) is 15.2 Å². The number of aliphatic hydroxyl groups excluding tert-OH is 2. The van der Waals surface area contributed by atoms with Crippen LogP contribution in [0.3, 0.4) is 0 Å². The second-order valence-corrected chi connectivity index (χ2v) is 4.76. The Hall–Kier alpha value is -0.930. The van der Waals surface area contributed by atoms with Crippen molar-refractivity contribution < 1.29 is 19.7 Å². The lowest BCUT2D eigenvalue weighted by Gasteiger charge is -2.13. The van der Waals surface area contributed by atoms with E-state index in [1.165, 1.54) is 18.1 Å². The number of aliphatic hydroxyl groups is 2. The highest BCUT2D eigenvalue weighted by molar-refractivity contribution is 7.99. The van der Waals surface area contributed by atoms with E-state index in [9.17, 15) is 10.2 Å². The van der Waals surface area contributed by atoms with Gasteiger partial charge in [0.1, 0.15) is 18.5 Å². The molecule has 7 nitrogen and oxygen atoms in total. The van der Waals surface area contributed by atoms with Gasteiger partial charge in [0, 0.05) is 5.75 Å². The Bertz CT molecular complexity index is 375. The Kier molecular flexibility index (Phi) is 4.72. The molecule has 0 aromatic carbocycles. The lowest BCUT2D eigenvalue weighted by molar-refractivity contribution is -0.155. The third kappa shape index (κ3) is 3.09. The molecule has 18 heavy (non-hydrogen) atoms. The molecule has 8 heteroatoms. The Morgan fingerprint density at radius 2 is 2.39 bits per heavy atom. The third-order valence-electron chi connectivity index (χ3n) is 2.47. The molecule has 1 aliphatic rings. The lowest BCUT2D eigenvalue weighted by atomic mass is 10.1. The first-order chi connectivity index (χ1) is 8.72. The largest absolute Gasteiger partial charge is 0.387 e. The third-order valence-corrected chi connectivity index (χ3v) is 3.44. The smallest absolute Gasteiger partial charge is 0.186 e. The number of hydrogen-bond donors (Lipinski definition) is 3. The minimum atomic E-state index is -1.05. The molecule has 2 rings (SSSR count). The normalized spacial score (nSPS) is 31.7. The Morgan fingerprint density at radius 1 is 1.56 bits per heavy atom. The minimum absolute atomic E-state index is 0.260. The average Bonchev–Trinajstić information content (AvgIpc) is 2.97. The molecule has 1 aliphatic heterocycles. The minimum Gasteiger partial charge on any atom is -0.387 e. The van der Waals surface area contributed by atoms with Gasteiger partial charge < -0.3 is 19.7 Å². The van der Waals surface area contributed by atoms with Crippen LogP contribution in [0.4, 0.5) is 0 Å². The highest BCUT2D eigenvalue weighted by Crippen LogP contribution is 2.26. The van der Waals surface area contributed by atoms with Crippen LogP contribution in [0.15, 0.2) is 24.1 Å². The molecule has 0 radical (unpaired) electrons. The van der Waals surface area contributed by atoms with Crippen LogP contribution >= 0.6 is 11.8 Å². The van der Waals surface area contributed by atoms with Gasteiger partial charge in [0.25, 0.3) is 0 Å². The highest BCUT2D eigenvalue weighted by Gasteiger charge is 2.43. The Balaban J connectivity index is 1.84. The molecule has 0 bridgehead atoms. The van der Waals surface area contributed by atoms with E-state index in [-0.39, 0.29) is 6.61 Å². The molecule has 0 aliphatic carbocycles. The molecule has 1 aromatic heterocycles. The molecule has 0 amide bonds. The van der Waals surface area contributed by atoms with Crippen LogP contribution in [0.1, 0.15) is 0 Å². The van der Waals surface area contributed by atoms with Crippen molar-refractivity contribution >= 4 is 11.8 Å². The van der Waals surface area contributed by atoms with E-state index in [0.29, 0.717) is 10.9 Å². The van der Waals surface area contributed by atoms with Crippen LogP contribution in [-0.4, -0.2) is 62.4 Å². The monoisotopic (exact) mass is 273 g/mol. The number of hydrogen-bond acceptors (Lipinski definition) is 7. The summed E-state index contributed by atoms with van der Waals surface area (Å²) in [5.74, 6) is 0.446. The molecule has 1 aromatic rings. The Labute approximate surface area is 108 Å². The first-order valence-corrected chi connectivity index (χ1v) is 6.43. The maximum Gasteiger partial charge on any atom is 0.186 e. The lowest BCUT2D eigenvalue weighted by Crippen LogP contribution is -2.34. The second kappa shape index (κ2) is 6.30. The first-order valence-electron chi connectivity index (χ1n) is 5.44. The van der Waals surface area contributed by atoms with Gasteiger partial charge in [-0.1, -0.05) is 17.8 Å². The van der Waals surface area contributed by atoms with Crippen molar-refractivity contribution in [3.05, 3.63) is 19.0 Å². The molecule has 0 saturated carbocycles. The van der Waals surface area contributed by atoms with Crippen LogP contribution in [0, 0.1) is 0 Å². The summed E-state index contributed by atoms with van der Waals surface area (Å²) >= 11 is 1.36. The summed E-state index contributed by atoms with van der Waals surface area (Å²) in [6.45, 7) is 3.77. The molecule has 1 saturated heterocycles. The number of aromatic nitrogens is 3. The van der Waals surface area contributed by atoms with Gasteiger partial charge >= 0.3 is 0 Å². The number of nitrogens with zero attached hydrogens (tertiary/aromatic N) is 2. The van der Waals surface area contributed by atoms with Gasteiger partial charge in [-0.05, 0) is 0 Å². The molecule has 100 valence electrons. The topological polar surface area (TPSA) is 100 Å². The van der Waals surface area contributed by atoms with E-state index in [1.54, 1.807) is 6.08 Å². The van der Waals surface area contributed by atoms with E-state index in [1.807, 2.05) is 0 Å². The van der Waals surface area contributed by atoms with Crippen LogP contribution in [-0.2, 0) is 9.47 Å². The fraction of sp³-hybridized carbons (Fsp3) is 0.600. The number of aromatic amines is 1. The van der Waals surface area contributed by atoms with E-state index in [4.69, 9.17) is 9.47 Å². The Morgan fingerprint density at radius 3 is 3.06 bits per heavy atom. The molecule has 3 N–H and O–H groups in total. The molecule has 1 fully saturated rings. The quantitative estimate of drug-likeness (QED) is 0.476. The number of H-pyrrole nitrogens is 1. The summed E-state index contributed by atoms with van der Waals surface area (Å²) in [6, 6.07) is 0. The van der Waals surface area contributed by atoms with Crippen molar-refractivity contribution in [3.8, 4) is 0 Å². The van der Waals surface area contributed by atoms with Crippen LogP contribution in [0.5, 0.6) is 0 Å². The summed E-state index contributed by atoms with van der Waals surface area (Å²) in [5.41, 5.74) is 0. The van der Waals surface area contributed by atoms with E-state index < -0.39 is 24.6 Å². The molecule has 0 unspecified atom stereocenters. The summed E-state index contributed by atoms with van der Waals surface area (Å²) in [4.78, 5) is 3.94. The van der Waals surface area contributed by atoms with Crippen molar-refractivity contribution in [2.45, 2.75) is 29.8 Å². The molecular formula is C10H15N3O4S. The second-order valence-electron chi connectivity index (χ2n) is 3.75. The van der Waals surface area contributed by atoms with Crippen LogP contribution in [0.25, 0.3) is 0 Å². The maximum atomic E-state index is 9.82. The van der Waals surface area contributed by atoms with Crippen molar-refractivity contribution in [1.29, 1.82) is 0 Å². The predicted octanol–water partition coefficient (Wildman–Crippen LogP) is -0.454. The van der Waals surface area contributed by atoms with Crippen molar-refractivity contribution in [3.63, 3.8) is 0 Å². The fourth-order valence-electron chi connectivity index (χ4n) is 1.58. The van der Waals surface area contributed by atoms with E-state index in [2.05, 4.69) is 21.8 Å². The maximum absolute atomic E-state index is 9.82. The van der Waals surface area contributed by atoms with Gasteiger partial charge in [0.15, 0.2) is 11.4 Å². The SMILES string of the molecule is C=CCO[C@@H]1O[C@H](CSc2ncn[nH]2)[C@@H](O)[C@H]1O. The van der Waals surface area contributed by atoms with Gasteiger partial charge in [-0.3, -0.25) is 5.10 Å². The first kappa shape index (κ1) is 13.5. The number of thioether (sulfide) groups is 1. The van der Waals surface area contributed by atoms with Crippen molar-refractivity contribution in [2.75, 3.05) is 12.4 Å². The molecule has 0 spiro atoms. The van der Waals surface area contributed by atoms with Gasteiger partial charge in [0.2, 0.25) is 0 Å². The van der Waals surface area contributed by atoms with Gasteiger partial charge in [-0.15, -0.1) is 6.58 Å². The number of rotatable bonds is 6. The van der Waals surface area contributed by atoms with Gasteiger partial charge in [-0.2, -0.15) is 5.10 Å². The standard InChI is InChI=1S/C10H15N3O4S/c1-2-3-16-9-8(15)7(14)6(17-9)4-18-10-11-5-12-13-10/h2,5-9,14-15H,1,3-4H2,(H,11,12,13)/t6-,7-,8-,9-/m1/s1. The molecule has 2 heterocycles. The average molecular weight is 273 g/mol. The summed E-state index contributed by atoms with van der Waals surface area (Å²) < 4.78 is 10.6. The molecule has 4 atom stereocenters. The van der Waals surface area contributed by atoms with E-state index >= 15 is 0 Å². The molecular weight excluding hydrogens is 258 g/mol. The van der Waals surface area contributed by atoms with Gasteiger partial charge in [0.05, 0.1) is 12.7 Å². The summed E-state index contributed by atoms with van der Waals surface area (Å²) in [6.07, 6.45) is -0.401. The number of ether oxygens (including phenoxy) is 2. The van der Waals surface area contributed by atoms with Crippen molar-refractivity contribution in [2.24, 2.45) is 0 Å². The summed E-state index contributed by atoms with van der Waals surface area (Å²) in [7, 11) is 0. The van der Waals surface area contributed by atoms with Crippen LogP contribution in [0.2, 0.25) is 0 Å². The summed E-state index contributed by atoms with van der Waals surface area (Å²) in [5, 5.41) is 26.6. The predicted molar refractivity (Wildman–Crippen MR) is 63.9 cm³/mol. The number of nitrogens with one attached hydrogen (secondary N) is 1. The van der Waals surface area contributed by atoms with E-state index in [0.717, 1.165) is 0 Å². The zero-order valence-electron chi connectivity index (χ0n) is 9.60. The van der Waals surface area contributed by atoms with Gasteiger partial charge in [-0.25, -0.2) is 4.98 Å². The zero-order chi connectivity index (χ0) is 13.0. The zero-order valence-corrected chi connectivity index (χ0v) is 10.4. The fourth-order valence-corrected chi connectivity index (χ4v) is 2.41. The highest BCUT2D eigenvalue weighted by atomic mass is 32.2.